The van der Waals surface area contributed by atoms with Gasteiger partial charge < -0.3 is 29.9 Å². The van der Waals surface area contributed by atoms with Crippen LogP contribution in [0.3, 0.4) is 0 Å². The summed E-state index contributed by atoms with van der Waals surface area (Å²) in [6, 6.07) is 29.0. The highest BCUT2D eigenvalue weighted by Gasteiger charge is 2.25. The van der Waals surface area contributed by atoms with Gasteiger partial charge in [-0.15, -0.1) is 0 Å². The van der Waals surface area contributed by atoms with Gasteiger partial charge >= 0.3 is 12.0 Å². The van der Waals surface area contributed by atoms with Gasteiger partial charge in [-0.1, -0.05) is 54.6 Å². The summed E-state index contributed by atoms with van der Waals surface area (Å²) in [6.07, 6.45) is 0.0296. The molecular formula is C37H39N5O7. The average Bonchev–Trinajstić information content (AvgIpc) is 3.11. The minimum absolute atomic E-state index is 0.0296. The van der Waals surface area contributed by atoms with Crippen molar-refractivity contribution < 1.29 is 33.4 Å². The molecule has 0 saturated heterocycles. The van der Waals surface area contributed by atoms with E-state index in [4.69, 9.17) is 9.47 Å². The Hall–Kier alpha value is -6.17. The highest BCUT2D eigenvalue weighted by atomic mass is 16.5. The summed E-state index contributed by atoms with van der Waals surface area (Å²) in [5, 5.41) is 5.18. The molecular weight excluding hydrogens is 626 g/mol. The van der Waals surface area contributed by atoms with E-state index in [1.54, 1.807) is 86.9 Å². The molecule has 0 saturated carbocycles. The second kappa shape index (κ2) is 17.1. The van der Waals surface area contributed by atoms with Crippen LogP contribution in [0, 0.1) is 6.92 Å². The van der Waals surface area contributed by atoms with Crippen LogP contribution < -0.4 is 30.1 Å². The number of benzene rings is 4. The maximum absolute atomic E-state index is 13.7. The molecule has 4 rings (SSSR count). The molecule has 0 aromatic heterocycles. The Morgan fingerprint density at radius 3 is 2.12 bits per heavy atom. The van der Waals surface area contributed by atoms with Crippen molar-refractivity contribution in [1.29, 1.82) is 0 Å². The third-order valence-electron chi connectivity index (χ3n) is 7.54. The first kappa shape index (κ1) is 35.7. The zero-order valence-corrected chi connectivity index (χ0v) is 27.8. The third-order valence-corrected chi connectivity index (χ3v) is 7.54. The van der Waals surface area contributed by atoms with Crippen LogP contribution in [0.25, 0.3) is 0 Å². The molecule has 0 fully saturated rings. The number of amides is 5. The molecule has 5 amide bonds. The quantitative estimate of drug-likeness (QED) is 0.200. The van der Waals surface area contributed by atoms with E-state index >= 15 is 0 Å². The molecule has 0 aliphatic heterocycles. The highest BCUT2D eigenvalue weighted by Crippen LogP contribution is 2.29. The smallest absolute Gasteiger partial charge is 0.319 e. The van der Waals surface area contributed by atoms with Gasteiger partial charge in [0.1, 0.15) is 12.3 Å². The summed E-state index contributed by atoms with van der Waals surface area (Å²) in [4.78, 5) is 68.9. The molecule has 4 aromatic carbocycles. The zero-order valence-electron chi connectivity index (χ0n) is 27.8. The molecule has 12 heteroatoms. The first-order chi connectivity index (χ1) is 23.5. The number of rotatable bonds is 13. The summed E-state index contributed by atoms with van der Waals surface area (Å²) in [7, 11) is 4.54. The number of nitrogens with zero attached hydrogens (tertiary/aromatic N) is 3. The van der Waals surface area contributed by atoms with Gasteiger partial charge in [-0.25, -0.2) is 4.79 Å². The number of urea groups is 1. The summed E-state index contributed by atoms with van der Waals surface area (Å²) < 4.78 is 10.6. The van der Waals surface area contributed by atoms with Crippen LogP contribution in [0.15, 0.2) is 103 Å². The van der Waals surface area contributed by atoms with Gasteiger partial charge in [-0.3, -0.25) is 24.1 Å². The minimum atomic E-state index is -0.675. The summed E-state index contributed by atoms with van der Waals surface area (Å²) in [6.45, 7) is 0.733. The first-order valence-electron chi connectivity index (χ1n) is 15.4. The lowest BCUT2D eigenvalue weighted by atomic mass is 10.1. The number of hydrogen-bond acceptors (Lipinski definition) is 7. The van der Waals surface area contributed by atoms with Crippen LogP contribution in [0.2, 0.25) is 0 Å². The van der Waals surface area contributed by atoms with Crippen molar-refractivity contribution in [3.8, 4) is 5.75 Å². The molecule has 0 atom stereocenters. The van der Waals surface area contributed by atoms with E-state index in [9.17, 15) is 24.0 Å². The van der Waals surface area contributed by atoms with Crippen molar-refractivity contribution in [2.75, 3.05) is 60.9 Å². The Morgan fingerprint density at radius 2 is 1.39 bits per heavy atom. The fourth-order valence-electron chi connectivity index (χ4n) is 4.79. The Labute approximate surface area is 285 Å². The lowest BCUT2D eigenvalue weighted by Gasteiger charge is -2.27. The fraction of sp³-hybridized carbons (Fsp3) is 0.216. The van der Waals surface area contributed by atoms with Crippen molar-refractivity contribution in [2.45, 2.75) is 13.3 Å². The zero-order chi connectivity index (χ0) is 35.3. The number of nitrogens with one attached hydrogen (secondary N) is 2. The number of ether oxygens (including phenoxy) is 2. The van der Waals surface area contributed by atoms with Crippen molar-refractivity contribution >= 4 is 52.5 Å². The Morgan fingerprint density at radius 1 is 0.714 bits per heavy atom. The molecule has 0 bridgehead atoms. The number of para-hydroxylation sites is 3. The van der Waals surface area contributed by atoms with E-state index < -0.39 is 30.4 Å². The largest absolute Gasteiger partial charge is 0.482 e. The SMILES string of the molecule is COC(=O)Cc1cccc(NC(=O)NCC(=O)N(CC(=O)N(C)c2ccccc2)c2ccccc2OCC(=O)N(C)c2cccc(C)c2)c1. The van der Waals surface area contributed by atoms with Crippen LogP contribution in [0.4, 0.5) is 27.5 Å². The molecule has 254 valence electrons. The average molecular weight is 666 g/mol. The van der Waals surface area contributed by atoms with Gasteiger partial charge in [0, 0.05) is 31.2 Å². The van der Waals surface area contributed by atoms with Crippen molar-refractivity contribution in [1.82, 2.24) is 5.32 Å². The summed E-state index contributed by atoms with van der Waals surface area (Å²) in [5.74, 6) is -1.57. The number of methoxy groups -OCH3 is 1. The minimum Gasteiger partial charge on any atom is -0.482 e. The Kier molecular flexibility index (Phi) is 12.5. The maximum atomic E-state index is 13.7. The predicted octanol–water partition coefficient (Wildman–Crippen LogP) is 4.57. The monoisotopic (exact) mass is 665 g/mol. The number of carbonyl (C=O) groups excluding carboxylic acids is 5. The van der Waals surface area contributed by atoms with Gasteiger partial charge in [0.15, 0.2) is 6.61 Å². The molecule has 49 heavy (non-hydrogen) atoms. The standard InChI is InChI=1S/C37H39N5O7/c1-26-12-10-17-30(20-26)41(3)35(45)25-49-32-19-9-8-18-31(32)42(24-34(44)40(2)29-15-6-5-7-16-29)33(43)23-38-37(47)39-28-14-11-13-27(21-28)22-36(46)48-4/h5-21H,22-25H2,1-4H3,(H2,38,39,47). The van der Waals surface area contributed by atoms with Crippen molar-refractivity contribution in [3.63, 3.8) is 0 Å². The van der Waals surface area contributed by atoms with E-state index in [1.807, 2.05) is 37.3 Å². The van der Waals surface area contributed by atoms with Crippen molar-refractivity contribution in [2.24, 2.45) is 0 Å². The highest BCUT2D eigenvalue weighted by molar-refractivity contribution is 6.06. The molecule has 2 N–H and O–H groups in total. The van der Waals surface area contributed by atoms with Gasteiger partial charge in [0.25, 0.3) is 5.91 Å². The van der Waals surface area contributed by atoms with Crippen LogP contribution in [0.5, 0.6) is 5.75 Å². The topological polar surface area (TPSA) is 138 Å². The molecule has 4 aromatic rings. The number of hydrogen-bond donors (Lipinski definition) is 2. The molecule has 0 radical (unpaired) electrons. The number of aryl methyl sites for hydroxylation is 1. The van der Waals surface area contributed by atoms with E-state index in [1.165, 1.54) is 21.8 Å². The van der Waals surface area contributed by atoms with Crippen LogP contribution in [0.1, 0.15) is 11.1 Å². The second-order valence-corrected chi connectivity index (χ2v) is 11.1. The predicted molar refractivity (Wildman–Crippen MR) is 188 cm³/mol. The molecule has 0 heterocycles. The van der Waals surface area contributed by atoms with E-state index in [0.29, 0.717) is 22.6 Å². The van der Waals surface area contributed by atoms with Gasteiger partial charge in [-0.2, -0.15) is 0 Å². The Balaban J connectivity index is 1.51. The number of anilines is 4. The van der Waals surface area contributed by atoms with E-state index in [0.717, 1.165) is 5.56 Å². The molecule has 0 spiro atoms. The number of esters is 1. The van der Waals surface area contributed by atoms with E-state index in [2.05, 4.69) is 10.6 Å². The van der Waals surface area contributed by atoms with E-state index in [-0.39, 0.29) is 36.9 Å². The lowest BCUT2D eigenvalue weighted by Crippen LogP contribution is -2.46. The Bertz CT molecular complexity index is 1800. The molecule has 0 unspecified atom stereocenters. The van der Waals surface area contributed by atoms with Crippen LogP contribution in [-0.4, -0.2) is 70.6 Å². The van der Waals surface area contributed by atoms with Crippen LogP contribution in [-0.2, 0) is 30.3 Å². The van der Waals surface area contributed by atoms with Gasteiger partial charge in [-0.05, 0) is 66.6 Å². The lowest BCUT2D eigenvalue weighted by molar-refractivity contribution is -0.139. The summed E-state index contributed by atoms with van der Waals surface area (Å²) >= 11 is 0. The normalized spacial score (nSPS) is 10.4. The number of likely N-dealkylation sites (N-methyl/N-ethyl adjacent to an activating group) is 2. The van der Waals surface area contributed by atoms with Crippen LogP contribution >= 0.6 is 0 Å². The first-order valence-corrected chi connectivity index (χ1v) is 15.4. The number of carbonyl (C=O) groups is 5. The summed E-state index contributed by atoms with van der Waals surface area (Å²) in [5.41, 5.74) is 3.60. The maximum Gasteiger partial charge on any atom is 0.319 e. The third kappa shape index (κ3) is 10.2. The van der Waals surface area contributed by atoms with Crippen molar-refractivity contribution in [3.05, 3.63) is 114 Å². The molecule has 12 nitrogen and oxygen atoms in total. The van der Waals surface area contributed by atoms with Gasteiger partial charge in [0.05, 0.1) is 25.8 Å². The molecule has 0 aliphatic carbocycles. The van der Waals surface area contributed by atoms with Gasteiger partial charge in [0.2, 0.25) is 11.8 Å². The molecule has 0 aliphatic rings. The fourth-order valence-corrected chi connectivity index (χ4v) is 4.79. The second-order valence-electron chi connectivity index (χ2n) is 11.1.